The van der Waals surface area contributed by atoms with Crippen molar-refractivity contribution in [3.63, 3.8) is 0 Å². The Hall–Kier alpha value is -2.80. The molecule has 27 heavy (non-hydrogen) atoms. The minimum atomic E-state index is -0.0426. The van der Waals surface area contributed by atoms with Crippen LogP contribution >= 0.6 is 0 Å². The van der Waals surface area contributed by atoms with Crippen LogP contribution in [0.2, 0.25) is 0 Å². The number of aromatic nitrogens is 3. The molecular formula is C20H24N4O3. The Morgan fingerprint density at radius 3 is 2.96 bits per heavy atom. The van der Waals surface area contributed by atoms with Crippen LogP contribution in [-0.2, 0) is 11.8 Å². The second-order valence-corrected chi connectivity index (χ2v) is 6.78. The van der Waals surface area contributed by atoms with Gasteiger partial charge < -0.3 is 18.9 Å². The molecule has 1 aromatic carbocycles. The number of carbonyl (C=O) groups is 1. The molecule has 0 N–H and O–H groups in total. The smallest absolute Gasteiger partial charge is 0.259 e. The van der Waals surface area contributed by atoms with E-state index in [1.165, 1.54) is 0 Å². The number of para-hydroxylation sites is 1. The number of carbonyl (C=O) groups excluding carboxylic acids is 1. The highest BCUT2D eigenvalue weighted by atomic mass is 16.5. The summed E-state index contributed by atoms with van der Waals surface area (Å²) < 4.78 is 15.2. The van der Waals surface area contributed by atoms with Crippen LogP contribution < -0.4 is 4.74 Å². The van der Waals surface area contributed by atoms with Gasteiger partial charge in [0.15, 0.2) is 0 Å². The lowest BCUT2D eigenvalue weighted by atomic mass is 10.2. The number of rotatable bonds is 7. The highest BCUT2D eigenvalue weighted by Gasteiger charge is 2.26. The predicted octanol–water partition coefficient (Wildman–Crippen LogP) is 2.37. The van der Waals surface area contributed by atoms with Crippen molar-refractivity contribution in [1.82, 2.24) is 19.1 Å². The first-order valence-corrected chi connectivity index (χ1v) is 9.30. The van der Waals surface area contributed by atoms with Gasteiger partial charge in [-0.3, -0.25) is 4.79 Å². The van der Waals surface area contributed by atoms with Gasteiger partial charge in [-0.25, -0.2) is 4.52 Å². The Morgan fingerprint density at radius 1 is 1.33 bits per heavy atom. The fraction of sp³-hybridized carbons (Fsp3) is 0.400. The van der Waals surface area contributed by atoms with E-state index in [0.29, 0.717) is 25.3 Å². The molecule has 0 saturated carbocycles. The van der Waals surface area contributed by atoms with Crippen molar-refractivity contribution in [3.05, 3.63) is 54.5 Å². The molecule has 0 bridgehead atoms. The molecule has 7 heteroatoms. The molecule has 2 aromatic heterocycles. The topological polar surface area (TPSA) is 61.0 Å². The molecular weight excluding hydrogens is 344 g/mol. The fourth-order valence-electron chi connectivity index (χ4n) is 3.47. The Labute approximate surface area is 158 Å². The monoisotopic (exact) mass is 368 g/mol. The maximum atomic E-state index is 13.2. The van der Waals surface area contributed by atoms with Gasteiger partial charge in [-0.05, 0) is 25.0 Å². The van der Waals surface area contributed by atoms with Crippen LogP contribution in [0.5, 0.6) is 5.75 Å². The molecule has 1 fully saturated rings. The number of ether oxygens (including phenoxy) is 2. The zero-order valence-corrected chi connectivity index (χ0v) is 15.5. The Kier molecular flexibility index (Phi) is 5.11. The molecule has 0 aliphatic carbocycles. The molecule has 3 heterocycles. The minimum Gasteiger partial charge on any atom is -0.492 e. The molecule has 0 radical (unpaired) electrons. The van der Waals surface area contributed by atoms with Crippen molar-refractivity contribution >= 4 is 11.6 Å². The van der Waals surface area contributed by atoms with Crippen LogP contribution in [0.15, 0.2) is 48.9 Å². The zero-order chi connectivity index (χ0) is 18.6. The second kappa shape index (κ2) is 7.84. The number of hydrogen-bond donors (Lipinski definition) is 0. The van der Waals surface area contributed by atoms with Gasteiger partial charge >= 0.3 is 0 Å². The highest BCUT2D eigenvalue weighted by molar-refractivity contribution is 5.99. The molecule has 142 valence electrons. The molecule has 1 aliphatic rings. The third-order valence-electron chi connectivity index (χ3n) is 4.87. The largest absolute Gasteiger partial charge is 0.492 e. The van der Waals surface area contributed by atoms with Crippen molar-refractivity contribution in [2.75, 3.05) is 26.3 Å². The molecule has 1 saturated heterocycles. The molecule has 3 aromatic rings. The number of fused-ring (bicyclic) bond motifs is 1. The summed E-state index contributed by atoms with van der Waals surface area (Å²) in [4.78, 5) is 15.1. The summed E-state index contributed by atoms with van der Waals surface area (Å²) in [5.41, 5.74) is 1.39. The molecule has 7 nitrogen and oxygen atoms in total. The summed E-state index contributed by atoms with van der Waals surface area (Å²) in [7, 11) is 1.91. The number of hydrogen-bond acceptors (Lipinski definition) is 4. The van der Waals surface area contributed by atoms with Crippen molar-refractivity contribution in [1.29, 1.82) is 0 Å². The van der Waals surface area contributed by atoms with Gasteiger partial charge in [0.1, 0.15) is 23.6 Å². The molecule has 0 spiro atoms. The van der Waals surface area contributed by atoms with Gasteiger partial charge in [-0.2, -0.15) is 5.10 Å². The van der Waals surface area contributed by atoms with Crippen LogP contribution in [0.4, 0.5) is 0 Å². The van der Waals surface area contributed by atoms with E-state index in [0.717, 1.165) is 30.8 Å². The summed E-state index contributed by atoms with van der Waals surface area (Å²) in [5, 5.41) is 4.29. The van der Waals surface area contributed by atoms with E-state index < -0.39 is 0 Å². The van der Waals surface area contributed by atoms with Crippen molar-refractivity contribution < 1.29 is 14.3 Å². The first-order chi connectivity index (χ1) is 13.2. The molecule has 4 rings (SSSR count). The Morgan fingerprint density at radius 2 is 2.19 bits per heavy atom. The fourth-order valence-corrected chi connectivity index (χ4v) is 3.47. The highest BCUT2D eigenvalue weighted by Crippen LogP contribution is 2.18. The number of aryl methyl sites for hydroxylation is 1. The van der Waals surface area contributed by atoms with Crippen molar-refractivity contribution in [2.24, 2.45) is 7.05 Å². The van der Waals surface area contributed by atoms with E-state index in [9.17, 15) is 4.79 Å². The van der Waals surface area contributed by atoms with E-state index in [-0.39, 0.29) is 12.0 Å². The van der Waals surface area contributed by atoms with Gasteiger partial charge in [0.2, 0.25) is 0 Å². The lowest BCUT2D eigenvalue weighted by Gasteiger charge is -2.25. The van der Waals surface area contributed by atoms with E-state index in [4.69, 9.17) is 9.47 Å². The lowest BCUT2D eigenvalue weighted by Crippen LogP contribution is -2.40. The summed E-state index contributed by atoms with van der Waals surface area (Å²) in [6, 6.07) is 9.65. The first kappa shape index (κ1) is 17.6. The summed E-state index contributed by atoms with van der Waals surface area (Å²) >= 11 is 0. The summed E-state index contributed by atoms with van der Waals surface area (Å²) in [6.07, 6.45) is 7.49. The minimum absolute atomic E-state index is 0.0426. The zero-order valence-electron chi connectivity index (χ0n) is 15.5. The average molecular weight is 368 g/mol. The maximum Gasteiger partial charge on any atom is 0.259 e. The Balaban J connectivity index is 1.49. The third-order valence-corrected chi connectivity index (χ3v) is 4.87. The third kappa shape index (κ3) is 3.83. The molecule has 0 unspecified atom stereocenters. The quantitative estimate of drug-likeness (QED) is 0.642. The van der Waals surface area contributed by atoms with Crippen LogP contribution in [0.3, 0.4) is 0 Å². The first-order valence-electron chi connectivity index (χ1n) is 9.30. The number of imidazole rings is 1. The van der Waals surface area contributed by atoms with Gasteiger partial charge in [0.05, 0.1) is 18.8 Å². The number of amides is 1. The molecule has 1 amide bonds. The normalized spacial score (nSPS) is 16.7. The van der Waals surface area contributed by atoms with Gasteiger partial charge in [0, 0.05) is 32.6 Å². The van der Waals surface area contributed by atoms with E-state index >= 15 is 0 Å². The van der Waals surface area contributed by atoms with E-state index in [1.54, 1.807) is 10.7 Å². The van der Waals surface area contributed by atoms with Crippen LogP contribution in [-0.4, -0.2) is 57.4 Å². The summed E-state index contributed by atoms with van der Waals surface area (Å²) in [5.74, 6) is 0.760. The average Bonchev–Trinajstić information content (AvgIpc) is 3.41. The van der Waals surface area contributed by atoms with Crippen LogP contribution in [0, 0.1) is 0 Å². The van der Waals surface area contributed by atoms with E-state index in [2.05, 4.69) is 5.10 Å². The predicted molar refractivity (Wildman–Crippen MR) is 101 cm³/mol. The molecule has 1 aliphatic heterocycles. The molecule has 1 atom stereocenters. The maximum absolute atomic E-state index is 13.2. The van der Waals surface area contributed by atoms with Gasteiger partial charge in [-0.1, -0.05) is 18.2 Å². The second-order valence-electron chi connectivity index (χ2n) is 6.78. The van der Waals surface area contributed by atoms with Crippen LogP contribution in [0.1, 0.15) is 23.2 Å². The van der Waals surface area contributed by atoms with Crippen molar-refractivity contribution in [3.8, 4) is 5.75 Å². The number of nitrogens with zero attached hydrogens (tertiary/aromatic N) is 4. The standard InChI is InChI=1S/C20H24N4O3/c1-22-9-10-24-19(22)18(14-21-24)20(25)23(15-17-8-5-12-26-17)11-13-27-16-6-3-2-4-7-16/h2-4,6-7,9-10,14,17H,5,8,11-13,15H2,1H3/t17-/m1/s1. The van der Waals surface area contributed by atoms with Gasteiger partial charge in [-0.15, -0.1) is 0 Å². The summed E-state index contributed by atoms with van der Waals surface area (Å²) in [6.45, 7) is 2.26. The lowest BCUT2D eigenvalue weighted by molar-refractivity contribution is 0.0495. The SMILES string of the molecule is Cn1ccn2ncc(C(=O)N(CCOc3ccccc3)C[C@H]3CCCO3)c12. The number of benzene rings is 1. The van der Waals surface area contributed by atoms with Crippen molar-refractivity contribution in [2.45, 2.75) is 18.9 Å². The van der Waals surface area contributed by atoms with Crippen LogP contribution in [0.25, 0.3) is 5.65 Å². The van der Waals surface area contributed by atoms with E-state index in [1.807, 2.05) is 59.2 Å². The van der Waals surface area contributed by atoms with Gasteiger partial charge in [0.25, 0.3) is 5.91 Å². The Bertz CT molecular complexity index is 896.